The van der Waals surface area contributed by atoms with Crippen molar-refractivity contribution in [3.8, 4) is 11.5 Å². The zero-order valence-corrected chi connectivity index (χ0v) is 22.5. The lowest BCUT2D eigenvalue weighted by atomic mass is 9.93. The van der Waals surface area contributed by atoms with Gasteiger partial charge in [0.25, 0.3) is 0 Å². The van der Waals surface area contributed by atoms with Crippen molar-refractivity contribution in [1.29, 1.82) is 0 Å². The molecule has 0 bridgehead atoms. The number of hydrogen-bond donors (Lipinski definition) is 1. The summed E-state index contributed by atoms with van der Waals surface area (Å²) in [6, 6.07) is 10.4. The molecular weight excluding hydrogens is 508 g/mol. The SMILES string of the molecule is COCCOC(=O)C1=C(C)N=C2SC=C(CC(=O)NCc3ccccn3)N2[C@H]1c1ccc(OC)c(OC)c1. The number of rotatable bonds is 11. The molecular formula is C27H30N4O6S. The smallest absolute Gasteiger partial charge is 0.338 e. The molecule has 1 aromatic carbocycles. The van der Waals surface area contributed by atoms with Crippen molar-refractivity contribution in [3.05, 3.63) is 76.2 Å². The average Bonchev–Trinajstić information content (AvgIpc) is 3.32. The molecule has 0 fully saturated rings. The van der Waals surface area contributed by atoms with Crippen molar-refractivity contribution in [2.75, 3.05) is 34.5 Å². The van der Waals surface area contributed by atoms with Crippen molar-refractivity contribution < 1.29 is 28.5 Å². The Labute approximate surface area is 225 Å². The second-order valence-electron chi connectivity index (χ2n) is 8.41. The predicted octanol–water partition coefficient (Wildman–Crippen LogP) is 3.57. The molecule has 1 aromatic heterocycles. The van der Waals surface area contributed by atoms with E-state index >= 15 is 0 Å². The number of esters is 1. The highest BCUT2D eigenvalue weighted by Crippen LogP contribution is 2.46. The van der Waals surface area contributed by atoms with E-state index in [9.17, 15) is 9.59 Å². The third-order valence-electron chi connectivity index (χ3n) is 6.00. The molecule has 2 aliphatic rings. The molecule has 3 heterocycles. The number of ether oxygens (including phenoxy) is 4. The van der Waals surface area contributed by atoms with Crippen LogP contribution in [0.15, 0.2) is 70.0 Å². The van der Waals surface area contributed by atoms with Crippen LogP contribution in [-0.4, -0.2) is 61.5 Å². The van der Waals surface area contributed by atoms with E-state index in [1.54, 1.807) is 40.5 Å². The zero-order chi connectivity index (χ0) is 27.1. The van der Waals surface area contributed by atoms with Gasteiger partial charge in [0.05, 0.1) is 56.8 Å². The maximum Gasteiger partial charge on any atom is 0.338 e. The second-order valence-corrected chi connectivity index (χ2v) is 9.25. The fourth-order valence-corrected chi connectivity index (χ4v) is 5.15. The van der Waals surface area contributed by atoms with Gasteiger partial charge < -0.3 is 29.2 Å². The van der Waals surface area contributed by atoms with Crippen LogP contribution in [-0.2, 0) is 25.6 Å². The number of pyridine rings is 1. The van der Waals surface area contributed by atoms with Crippen molar-refractivity contribution in [2.24, 2.45) is 4.99 Å². The second kappa shape index (κ2) is 12.6. The van der Waals surface area contributed by atoms with Gasteiger partial charge in [0.1, 0.15) is 6.61 Å². The summed E-state index contributed by atoms with van der Waals surface area (Å²) in [7, 11) is 4.66. The largest absolute Gasteiger partial charge is 0.493 e. The van der Waals surface area contributed by atoms with E-state index < -0.39 is 12.0 Å². The summed E-state index contributed by atoms with van der Waals surface area (Å²) in [5.74, 6) is 0.402. The number of aliphatic imine (C=N–C) groups is 1. The summed E-state index contributed by atoms with van der Waals surface area (Å²) < 4.78 is 21.5. The van der Waals surface area contributed by atoms with Crippen molar-refractivity contribution in [2.45, 2.75) is 25.9 Å². The number of thioether (sulfide) groups is 1. The Balaban J connectivity index is 1.65. The number of allylic oxidation sites excluding steroid dienone is 1. The van der Waals surface area contributed by atoms with E-state index in [0.29, 0.717) is 40.2 Å². The highest BCUT2D eigenvalue weighted by atomic mass is 32.2. The lowest BCUT2D eigenvalue weighted by Crippen LogP contribution is -2.38. The van der Waals surface area contributed by atoms with Gasteiger partial charge >= 0.3 is 5.97 Å². The monoisotopic (exact) mass is 538 g/mol. The Morgan fingerprint density at radius 2 is 1.89 bits per heavy atom. The first-order valence-corrected chi connectivity index (χ1v) is 12.8. The van der Waals surface area contributed by atoms with Crippen LogP contribution in [0.25, 0.3) is 0 Å². The number of carbonyl (C=O) groups excluding carboxylic acids is 2. The maximum absolute atomic E-state index is 13.3. The molecule has 1 atom stereocenters. The molecule has 2 aliphatic heterocycles. The van der Waals surface area contributed by atoms with Crippen molar-refractivity contribution in [1.82, 2.24) is 15.2 Å². The Morgan fingerprint density at radius 1 is 1.08 bits per heavy atom. The van der Waals surface area contributed by atoms with Crippen LogP contribution in [0.5, 0.6) is 11.5 Å². The summed E-state index contributed by atoms with van der Waals surface area (Å²) in [5.41, 5.74) is 3.15. The number of methoxy groups -OCH3 is 3. The number of amidine groups is 1. The molecule has 0 spiro atoms. The zero-order valence-electron chi connectivity index (χ0n) is 21.7. The minimum Gasteiger partial charge on any atom is -0.493 e. The number of benzene rings is 1. The molecule has 11 heteroatoms. The fourth-order valence-electron chi connectivity index (χ4n) is 4.18. The molecule has 0 saturated carbocycles. The lowest BCUT2D eigenvalue weighted by molar-refractivity contribution is -0.141. The van der Waals surface area contributed by atoms with Gasteiger partial charge in [0.15, 0.2) is 16.7 Å². The molecule has 4 rings (SSSR count). The summed E-state index contributed by atoms with van der Waals surface area (Å²) >= 11 is 1.41. The molecule has 0 unspecified atom stereocenters. The van der Waals surface area contributed by atoms with Crippen LogP contribution in [0.2, 0.25) is 0 Å². The Morgan fingerprint density at radius 3 is 2.61 bits per heavy atom. The molecule has 38 heavy (non-hydrogen) atoms. The highest BCUT2D eigenvalue weighted by Gasteiger charge is 2.41. The molecule has 2 aromatic rings. The summed E-state index contributed by atoms with van der Waals surface area (Å²) in [6.45, 7) is 2.48. The molecule has 0 saturated heterocycles. The molecule has 10 nitrogen and oxygen atoms in total. The first-order chi connectivity index (χ1) is 18.5. The topological polar surface area (TPSA) is 112 Å². The lowest BCUT2D eigenvalue weighted by Gasteiger charge is -2.36. The van der Waals surface area contributed by atoms with Gasteiger partial charge in [-0.25, -0.2) is 9.79 Å². The van der Waals surface area contributed by atoms with Crippen LogP contribution in [0.4, 0.5) is 0 Å². The van der Waals surface area contributed by atoms with E-state index in [0.717, 1.165) is 11.3 Å². The van der Waals surface area contributed by atoms with Crippen LogP contribution < -0.4 is 14.8 Å². The van der Waals surface area contributed by atoms with Crippen LogP contribution in [0, 0.1) is 0 Å². The standard InChI is InChI=1S/C27H30N4O6S/c1-17-24(26(33)37-12-11-34-2)25(18-8-9-21(35-3)22(13-18)36-4)31-20(16-38-27(31)30-17)14-23(32)29-15-19-7-5-6-10-28-19/h5-10,13,16,25H,11-12,14-15H2,1-4H3,(H,29,32)/t25-/m0/s1. The third-order valence-corrected chi connectivity index (χ3v) is 6.89. The van der Waals surface area contributed by atoms with Crippen molar-refractivity contribution >= 4 is 28.8 Å². The number of aromatic nitrogens is 1. The number of hydrogen-bond acceptors (Lipinski definition) is 10. The van der Waals surface area contributed by atoms with E-state index in [-0.39, 0.29) is 25.5 Å². The quantitative estimate of drug-likeness (QED) is 0.339. The van der Waals surface area contributed by atoms with Gasteiger partial charge in [-0.1, -0.05) is 23.9 Å². The van der Waals surface area contributed by atoms with Gasteiger partial charge in [-0.15, -0.1) is 0 Å². The Bertz CT molecular complexity index is 1280. The van der Waals surface area contributed by atoms with Crippen LogP contribution in [0.3, 0.4) is 0 Å². The van der Waals surface area contributed by atoms with Gasteiger partial charge in [-0.3, -0.25) is 9.78 Å². The molecule has 1 amide bonds. The minimum absolute atomic E-state index is 0.0910. The number of amides is 1. The summed E-state index contributed by atoms with van der Waals surface area (Å²) in [4.78, 5) is 37.1. The molecule has 0 radical (unpaired) electrons. The van der Waals surface area contributed by atoms with E-state index in [1.165, 1.54) is 11.8 Å². The summed E-state index contributed by atoms with van der Waals surface area (Å²) in [6.07, 6.45) is 1.78. The minimum atomic E-state index is -0.595. The number of nitrogens with one attached hydrogen (secondary N) is 1. The van der Waals surface area contributed by atoms with Crippen LogP contribution >= 0.6 is 11.8 Å². The number of fused-ring (bicyclic) bond motifs is 1. The van der Waals surface area contributed by atoms with Crippen LogP contribution in [0.1, 0.15) is 30.6 Å². The first-order valence-electron chi connectivity index (χ1n) is 12.0. The maximum atomic E-state index is 13.3. The normalized spacial score (nSPS) is 16.4. The third kappa shape index (κ3) is 6.00. The highest BCUT2D eigenvalue weighted by molar-refractivity contribution is 8.16. The van der Waals surface area contributed by atoms with Gasteiger partial charge in [0, 0.05) is 19.0 Å². The fraction of sp³-hybridized carbons (Fsp3) is 0.333. The van der Waals surface area contributed by atoms with E-state index in [2.05, 4.69) is 15.3 Å². The van der Waals surface area contributed by atoms with Gasteiger partial charge in [-0.2, -0.15) is 0 Å². The molecule has 0 aliphatic carbocycles. The van der Waals surface area contributed by atoms with E-state index in [1.807, 2.05) is 40.6 Å². The molecule has 1 N–H and O–H groups in total. The van der Waals surface area contributed by atoms with Gasteiger partial charge in [0.2, 0.25) is 5.91 Å². The predicted molar refractivity (Wildman–Crippen MR) is 143 cm³/mol. The Kier molecular flexibility index (Phi) is 9.03. The first kappa shape index (κ1) is 27.2. The van der Waals surface area contributed by atoms with Gasteiger partial charge in [-0.05, 0) is 42.2 Å². The number of carbonyl (C=O) groups is 2. The van der Waals surface area contributed by atoms with E-state index in [4.69, 9.17) is 18.9 Å². The summed E-state index contributed by atoms with van der Waals surface area (Å²) in [5, 5.41) is 5.47. The number of nitrogens with zero attached hydrogens (tertiary/aromatic N) is 3. The Hall–Kier alpha value is -3.83. The average molecular weight is 539 g/mol. The molecule has 200 valence electrons. The van der Waals surface area contributed by atoms with Crippen molar-refractivity contribution in [3.63, 3.8) is 0 Å².